The van der Waals surface area contributed by atoms with Crippen LogP contribution in [0.5, 0.6) is 0 Å². The number of carbonyl (C=O) groups is 1. The Labute approximate surface area is 178 Å². The van der Waals surface area contributed by atoms with Crippen molar-refractivity contribution >= 4 is 23.2 Å². The summed E-state index contributed by atoms with van der Waals surface area (Å²) in [7, 11) is 0. The van der Waals surface area contributed by atoms with Gasteiger partial charge in [0, 0.05) is 24.7 Å². The molecule has 10 heteroatoms. The van der Waals surface area contributed by atoms with Gasteiger partial charge < -0.3 is 21.7 Å². The van der Waals surface area contributed by atoms with E-state index in [2.05, 4.69) is 36.1 Å². The minimum atomic E-state index is -0.327. The van der Waals surface area contributed by atoms with Gasteiger partial charge in [-0.2, -0.15) is 5.26 Å². The van der Waals surface area contributed by atoms with Crippen molar-refractivity contribution in [2.75, 3.05) is 10.6 Å². The number of nitrogens with one attached hydrogen (secondary N) is 3. The van der Waals surface area contributed by atoms with E-state index in [0.717, 1.165) is 18.4 Å². The summed E-state index contributed by atoms with van der Waals surface area (Å²) < 4.78 is 0. The molecule has 1 saturated carbocycles. The number of nitrogens with zero attached hydrogens (tertiary/aromatic N) is 5. The van der Waals surface area contributed by atoms with Crippen LogP contribution in [-0.4, -0.2) is 38.2 Å². The Balaban J connectivity index is 1.51. The molecule has 4 rings (SSSR count). The number of aromatic nitrogens is 4. The van der Waals surface area contributed by atoms with Crippen molar-refractivity contribution in [1.82, 2.24) is 25.5 Å². The van der Waals surface area contributed by atoms with Gasteiger partial charge in [-0.1, -0.05) is 30.3 Å². The van der Waals surface area contributed by atoms with E-state index in [1.54, 1.807) is 6.07 Å². The average molecular weight is 415 g/mol. The number of carbonyl (C=O) groups excluding carboxylic acids is 1. The zero-order valence-corrected chi connectivity index (χ0v) is 16.6. The molecule has 1 aliphatic carbocycles. The first-order valence-electron chi connectivity index (χ1n) is 9.82. The van der Waals surface area contributed by atoms with E-state index >= 15 is 0 Å². The van der Waals surface area contributed by atoms with E-state index < -0.39 is 0 Å². The van der Waals surface area contributed by atoms with Crippen LogP contribution in [0.4, 0.5) is 17.3 Å². The van der Waals surface area contributed by atoms with Crippen molar-refractivity contribution in [3.05, 3.63) is 65.7 Å². The second-order valence-corrected chi connectivity index (χ2v) is 7.26. The highest BCUT2D eigenvalue weighted by atomic mass is 16.1. The Morgan fingerprint density at radius 3 is 2.61 bits per heavy atom. The van der Waals surface area contributed by atoms with Crippen molar-refractivity contribution in [2.45, 2.75) is 31.5 Å². The molecule has 1 fully saturated rings. The monoisotopic (exact) mass is 415 g/mol. The third kappa shape index (κ3) is 5.09. The van der Waals surface area contributed by atoms with Gasteiger partial charge in [-0.25, -0.2) is 9.97 Å². The standard InChI is InChI=1S/C21H21N9O/c22-9-16-11-25-19(12-24-16)28-18-8-17(27-15-6-14(23)7-15)20(30-29-18)21(31)26-10-13-4-2-1-3-5-13/h1-5,8,11-12,14-15H,6-7,10,23H2,(H,26,31)(H2,25,27,28,29). The maximum Gasteiger partial charge on any atom is 0.274 e. The molecule has 1 amide bonds. The predicted octanol–water partition coefficient (Wildman–Crippen LogP) is 1.71. The van der Waals surface area contributed by atoms with E-state index in [1.165, 1.54) is 12.4 Å². The smallest absolute Gasteiger partial charge is 0.274 e. The first kappa shape index (κ1) is 20.2. The number of nitrogens with two attached hydrogens (primary N) is 1. The van der Waals surface area contributed by atoms with Crippen LogP contribution in [0, 0.1) is 11.3 Å². The molecular weight excluding hydrogens is 394 g/mol. The van der Waals surface area contributed by atoms with E-state index in [4.69, 9.17) is 11.0 Å². The van der Waals surface area contributed by atoms with Gasteiger partial charge >= 0.3 is 0 Å². The SMILES string of the molecule is N#Cc1cnc(Nc2cc(NC3CC(N)C3)c(C(=O)NCc3ccccc3)nn2)cn1. The Bertz CT molecular complexity index is 1090. The molecule has 0 spiro atoms. The first-order chi connectivity index (χ1) is 15.1. The van der Waals surface area contributed by atoms with Crippen LogP contribution < -0.4 is 21.7 Å². The quantitative estimate of drug-likeness (QED) is 0.451. The summed E-state index contributed by atoms with van der Waals surface area (Å²) in [5, 5.41) is 26.3. The van der Waals surface area contributed by atoms with Crippen LogP contribution >= 0.6 is 0 Å². The topological polar surface area (TPSA) is 155 Å². The Morgan fingerprint density at radius 2 is 1.94 bits per heavy atom. The number of hydrogen-bond donors (Lipinski definition) is 4. The van der Waals surface area contributed by atoms with Crippen molar-refractivity contribution < 1.29 is 4.79 Å². The van der Waals surface area contributed by atoms with Gasteiger partial charge in [0.2, 0.25) is 0 Å². The fourth-order valence-electron chi connectivity index (χ4n) is 3.17. The van der Waals surface area contributed by atoms with Gasteiger partial charge in [-0.3, -0.25) is 4.79 Å². The lowest BCUT2D eigenvalue weighted by molar-refractivity contribution is 0.0945. The lowest BCUT2D eigenvalue weighted by Gasteiger charge is -2.34. The first-order valence-corrected chi connectivity index (χ1v) is 9.82. The van der Waals surface area contributed by atoms with E-state index in [1.807, 2.05) is 36.4 Å². The van der Waals surface area contributed by atoms with Crippen LogP contribution in [0.2, 0.25) is 0 Å². The number of anilines is 3. The van der Waals surface area contributed by atoms with E-state index in [0.29, 0.717) is 23.9 Å². The molecule has 1 aliphatic rings. The molecule has 2 heterocycles. The van der Waals surface area contributed by atoms with Crippen LogP contribution in [0.3, 0.4) is 0 Å². The zero-order valence-electron chi connectivity index (χ0n) is 16.6. The summed E-state index contributed by atoms with van der Waals surface area (Å²) in [6.45, 7) is 0.385. The highest BCUT2D eigenvalue weighted by molar-refractivity contribution is 5.97. The molecule has 156 valence electrons. The number of amides is 1. The zero-order chi connectivity index (χ0) is 21.6. The van der Waals surface area contributed by atoms with Gasteiger partial charge in [0.25, 0.3) is 5.91 Å². The minimum Gasteiger partial charge on any atom is -0.380 e. The molecular formula is C21H21N9O. The van der Waals surface area contributed by atoms with Gasteiger partial charge in [-0.15, -0.1) is 10.2 Å². The second-order valence-electron chi connectivity index (χ2n) is 7.26. The Hall–Kier alpha value is -4.10. The summed E-state index contributed by atoms with van der Waals surface area (Å²) in [5.41, 5.74) is 7.85. The fraction of sp³-hybridized carbons (Fsp3) is 0.238. The average Bonchev–Trinajstić information content (AvgIpc) is 2.78. The summed E-state index contributed by atoms with van der Waals surface area (Å²) in [6, 6.07) is 13.6. The molecule has 0 saturated heterocycles. The molecule has 31 heavy (non-hydrogen) atoms. The highest BCUT2D eigenvalue weighted by Crippen LogP contribution is 2.26. The lowest BCUT2D eigenvalue weighted by atomic mass is 9.87. The molecule has 2 aromatic heterocycles. The summed E-state index contributed by atoms with van der Waals surface area (Å²) in [5.74, 6) is 0.475. The van der Waals surface area contributed by atoms with Crippen molar-refractivity contribution in [1.29, 1.82) is 5.26 Å². The fourth-order valence-corrected chi connectivity index (χ4v) is 3.17. The van der Waals surface area contributed by atoms with Crippen LogP contribution in [0.1, 0.15) is 34.6 Å². The molecule has 3 aromatic rings. The summed E-state index contributed by atoms with van der Waals surface area (Å²) in [4.78, 5) is 20.9. The van der Waals surface area contributed by atoms with Gasteiger partial charge in [0.15, 0.2) is 17.2 Å². The maximum absolute atomic E-state index is 12.8. The Morgan fingerprint density at radius 1 is 1.13 bits per heavy atom. The molecule has 5 N–H and O–H groups in total. The predicted molar refractivity (Wildman–Crippen MR) is 114 cm³/mol. The Kier molecular flexibility index (Phi) is 5.96. The molecule has 10 nitrogen and oxygen atoms in total. The van der Waals surface area contributed by atoms with Gasteiger partial charge in [0.05, 0.1) is 18.1 Å². The van der Waals surface area contributed by atoms with Crippen molar-refractivity contribution in [2.24, 2.45) is 5.73 Å². The largest absolute Gasteiger partial charge is 0.380 e. The minimum absolute atomic E-state index is 0.161. The molecule has 0 bridgehead atoms. The summed E-state index contributed by atoms with van der Waals surface area (Å²) >= 11 is 0. The van der Waals surface area contributed by atoms with Gasteiger partial charge in [0.1, 0.15) is 11.9 Å². The van der Waals surface area contributed by atoms with Crippen molar-refractivity contribution in [3.63, 3.8) is 0 Å². The summed E-state index contributed by atoms with van der Waals surface area (Å²) in [6.07, 6.45) is 4.42. The number of nitriles is 1. The molecule has 1 aromatic carbocycles. The van der Waals surface area contributed by atoms with E-state index in [9.17, 15) is 4.79 Å². The van der Waals surface area contributed by atoms with Crippen LogP contribution in [0.15, 0.2) is 48.8 Å². The molecule has 0 radical (unpaired) electrons. The number of benzene rings is 1. The lowest BCUT2D eigenvalue weighted by Crippen LogP contribution is -2.44. The molecule has 0 aliphatic heterocycles. The number of rotatable bonds is 7. The third-order valence-electron chi connectivity index (χ3n) is 4.86. The second kappa shape index (κ2) is 9.15. The van der Waals surface area contributed by atoms with Crippen LogP contribution in [0.25, 0.3) is 0 Å². The maximum atomic E-state index is 12.8. The molecule has 0 unspecified atom stereocenters. The molecule has 0 atom stereocenters. The van der Waals surface area contributed by atoms with E-state index in [-0.39, 0.29) is 29.4 Å². The van der Waals surface area contributed by atoms with Crippen LogP contribution in [-0.2, 0) is 6.54 Å². The van der Waals surface area contributed by atoms with Gasteiger partial charge in [-0.05, 0) is 18.4 Å². The number of hydrogen-bond acceptors (Lipinski definition) is 9. The van der Waals surface area contributed by atoms with Crippen molar-refractivity contribution in [3.8, 4) is 6.07 Å². The normalized spacial score (nSPS) is 17.2. The third-order valence-corrected chi connectivity index (χ3v) is 4.86. The highest BCUT2D eigenvalue weighted by Gasteiger charge is 2.27.